The van der Waals surface area contributed by atoms with Crippen LogP contribution in [0.15, 0.2) is 72.8 Å². The van der Waals surface area contributed by atoms with Crippen molar-refractivity contribution in [2.45, 2.75) is 46.1 Å². The SMILES string of the molecule is CC(C)Oc1ccc(C(=O)c2ccc(Oc3ccc(C(C)(C)C)cc3)cc2)cc1. The van der Waals surface area contributed by atoms with Gasteiger partial charge in [-0.05, 0) is 85.5 Å². The van der Waals surface area contributed by atoms with E-state index in [1.807, 2.05) is 50.2 Å². The molecule has 0 saturated carbocycles. The Morgan fingerprint density at radius 3 is 1.52 bits per heavy atom. The lowest BCUT2D eigenvalue weighted by atomic mass is 9.87. The summed E-state index contributed by atoms with van der Waals surface area (Å²) in [6.45, 7) is 10.5. The Balaban J connectivity index is 1.67. The van der Waals surface area contributed by atoms with Crippen molar-refractivity contribution in [3.63, 3.8) is 0 Å². The first-order chi connectivity index (χ1) is 13.7. The molecule has 0 bridgehead atoms. The van der Waals surface area contributed by atoms with Gasteiger partial charge in [-0.3, -0.25) is 4.79 Å². The van der Waals surface area contributed by atoms with Crippen LogP contribution in [0.1, 0.15) is 56.1 Å². The van der Waals surface area contributed by atoms with Crippen LogP contribution in [0.25, 0.3) is 0 Å². The summed E-state index contributed by atoms with van der Waals surface area (Å²) in [6, 6.07) is 22.6. The average Bonchev–Trinajstić information content (AvgIpc) is 2.68. The summed E-state index contributed by atoms with van der Waals surface area (Å²) >= 11 is 0. The maximum Gasteiger partial charge on any atom is 0.193 e. The van der Waals surface area contributed by atoms with Crippen molar-refractivity contribution >= 4 is 5.78 Å². The first kappa shape index (κ1) is 20.7. The molecule has 0 aromatic heterocycles. The highest BCUT2D eigenvalue weighted by molar-refractivity contribution is 6.09. The molecule has 0 saturated heterocycles. The fourth-order valence-corrected chi connectivity index (χ4v) is 2.96. The van der Waals surface area contributed by atoms with Crippen molar-refractivity contribution in [2.24, 2.45) is 0 Å². The van der Waals surface area contributed by atoms with E-state index in [9.17, 15) is 4.79 Å². The Hall–Kier alpha value is -3.07. The second kappa shape index (κ2) is 8.52. The topological polar surface area (TPSA) is 35.5 Å². The summed E-state index contributed by atoms with van der Waals surface area (Å²) in [4.78, 5) is 12.7. The quantitative estimate of drug-likeness (QED) is 0.436. The summed E-state index contributed by atoms with van der Waals surface area (Å²) in [5.41, 5.74) is 2.63. The molecule has 3 heteroatoms. The summed E-state index contributed by atoms with van der Waals surface area (Å²) in [5, 5.41) is 0. The maximum absolute atomic E-state index is 12.7. The molecule has 0 heterocycles. The predicted octanol–water partition coefficient (Wildman–Crippen LogP) is 6.79. The van der Waals surface area contributed by atoms with Gasteiger partial charge in [-0.2, -0.15) is 0 Å². The Labute approximate surface area is 173 Å². The van der Waals surface area contributed by atoms with Crippen LogP contribution in [0.5, 0.6) is 17.2 Å². The van der Waals surface area contributed by atoms with Crippen molar-refractivity contribution in [3.8, 4) is 17.2 Å². The van der Waals surface area contributed by atoms with Crippen LogP contribution < -0.4 is 9.47 Å². The van der Waals surface area contributed by atoms with E-state index in [0.717, 1.165) is 11.5 Å². The second-order valence-electron chi connectivity index (χ2n) is 8.42. The van der Waals surface area contributed by atoms with Gasteiger partial charge >= 0.3 is 0 Å². The molecule has 3 aromatic rings. The summed E-state index contributed by atoms with van der Waals surface area (Å²) in [5.74, 6) is 2.21. The van der Waals surface area contributed by atoms with Gasteiger partial charge in [0, 0.05) is 11.1 Å². The van der Waals surface area contributed by atoms with Gasteiger partial charge < -0.3 is 9.47 Å². The molecule has 0 radical (unpaired) electrons. The van der Waals surface area contributed by atoms with E-state index in [-0.39, 0.29) is 17.3 Å². The summed E-state index contributed by atoms with van der Waals surface area (Å²) in [7, 11) is 0. The number of ketones is 1. The van der Waals surface area contributed by atoms with Gasteiger partial charge in [0.15, 0.2) is 5.78 Å². The highest BCUT2D eigenvalue weighted by atomic mass is 16.5. The summed E-state index contributed by atoms with van der Waals surface area (Å²) < 4.78 is 11.5. The van der Waals surface area contributed by atoms with E-state index in [2.05, 4.69) is 32.9 Å². The van der Waals surface area contributed by atoms with E-state index in [4.69, 9.17) is 9.47 Å². The third-order valence-corrected chi connectivity index (χ3v) is 4.56. The first-order valence-corrected chi connectivity index (χ1v) is 9.92. The van der Waals surface area contributed by atoms with Crippen LogP contribution in [0.4, 0.5) is 0 Å². The zero-order valence-corrected chi connectivity index (χ0v) is 17.7. The molecular weight excluding hydrogens is 360 g/mol. The number of ether oxygens (including phenoxy) is 2. The van der Waals surface area contributed by atoms with Gasteiger partial charge in [-0.15, -0.1) is 0 Å². The molecule has 0 spiro atoms. The van der Waals surface area contributed by atoms with Crippen LogP contribution in [0.2, 0.25) is 0 Å². The predicted molar refractivity (Wildman–Crippen MR) is 117 cm³/mol. The third kappa shape index (κ3) is 5.47. The van der Waals surface area contributed by atoms with E-state index in [0.29, 0.717) is 16.9 Å². The molecule has 0 aliphatic heterocycles. The smallest absolute Gasteiger partial charge is 0.193 e. The molecule has 3 rings (SSSR count). The monoisotopic (exact) mass is 388 g/mol. The van der Waals surface area contributed by atoms with Gasteiger partial charge in [-0.25, -0.2) is 0 Å². The van der Waals surface area contributed by atoms with Crippen LogP contribution >= 0.6 is 0 Å². The number of rotatable bonds is 6. The molecule has 0 atom stereocenters. The van der Waals surface area contributed by atoms with Crippen molar-refractivity contribution in [3.05, 3.63) is 89.5 Å². The molecule has 0 aliphatic carbocycles. The van der Waals surface area contributed by atoms with Crippen molar-refractivity contribution in [1.82, 2.24) is 0 Å². The molecule has 3 nitrogen and oxygen atoms in total. The number of benzene rings is 3. The minimum atomic E-state index is -0.0258. The lowest BCUT2D eigenvalue weighted by Gasteiger charge is -2.19. The number of hydrogen-bond donors (Lipinski definition) is 0. The van der Waals surface area contributed by atoms with Crippen LogP contribution in [-0.4, -0.2) is 11.9 Å². The lowest BCUT2D eigenvalue weighted by molar-refractivity contribution is 0.103. The Kier molecular flexibility index (Phi) is 6.07. The molecular formula is C26H28O3. The van der Waals surface area contributed by atoms with Crippen LogP contribution in [0, 0.1) is 0 Å². The first-order valence-electron chi connectivity index (χ1n) is 9.92. The van der Waals surface area contributed by atoms with E-state index in [1.54, 1.807) is 24.3 Å². The van der Waals surface area contributed by atoms with E-state index >= 15 is 0 Å². The number of carbonyl (C=O) groups excluding carboxylic acids is 1. The number of carbonyl (C=O) groups is 1. The van der Waals surface area contributed by atoms with Gasteiger partial charge in [0.2, 0.25) is 0 Å². The van der Waals surface area contributed by atoms with E-state index in [1.165, 1.54) is 5.56 Å². The number of hydrogen-bond acceptors (Lipinski definition) is 3. The highest BCUT2D eigenvalue weighted by Crippen LogP contribution is 2.27. The van der Waals surface area contributed by atoms with Gasteiger partial charge in [0.25, 0.3) is 0 Å². The Bertz CT molecular complexity index is 945. The van der Waals surface area contributed by atoms with Crippen molar-refractivity contribution < 1.29 is 14.3 Å². The fraction of sp³-hybridized carbons (Fsp3) is 0.269. The molecule has 0 N–H and O–H groups in total. The average molecular weight is 389 g/mol. The summed E-state index contributed by atoms with van der Waals surface area (Å²) in [6.07, 6.45) is 0.105. The minimum Gasteiger partial charge on any atom is -0.491 e. The normalized spacial score (nSPS) is 11.4. The van der Waals surface area contributed by atoms with Gasteiger partial charge in [0.1, 0.15) is 17.2 Å². The zero-order valence-electron chi connectivity index (χ0n) is 17.7. The molecule has 150 valence electrons. The Morgan fingerprint density at radius 1 is 0.690 bits per heavy atom. The van der Waals surface area contributed by atoms with Crippen molar-refractivity contribution in [2.75, 3.05) is 0 Å². The third-order valence-electron chi connectivity index (χ3n) is 4.56. The maximum atomic E-state index is 12.7. The molecule has 0 amide bonds. The standard InChI is InChI=1S/C26H28O3/c1-18(2)28-22-12-6-19(7-13-22)25(27)20-8-14-23(15-9-20)29-24-16-10-21(11-17-24)26(3,4)5/h6-18H,1-5H3. The van der Waals surface area contributed by atoms with Crippen LogP contribution in [-0.2, 0) is 5.41 Å². The van der Waals surface area contributed by atoms with Gasteiger partial charge in [0.05, 0.1) is 6.10 Å². The second-order valence-corrected chi connectivity index (χ2v) is 8.42. The molecule has 0 unspecified atom stereocenters. The molecule has 0 aliphatic rings. The van der Waals surface area contributed by atoms with Gasteiger partial charge in [-0.1, -0.05) is 32.9 Å². The lowest BCUT2D eigenvalue weighted by Crippen LogP contribution is -2.10. The van der Waals surface area contributed by atoms with E-state index < -0.39 is 0 Å². The largest absolute Gasteiger partial charge is 0.491 e. The van der Waals surface area contributed by atoms with Crippen molar-refractivity contribution in [1.29, 1.82) is 0 Å². The highest BCUT2D eigenvalue weighted by Gasteiger charge is 2.13. The molecule has 29 heavy (non-hydrogen) atoms. The minimum absolute atomic E-state index is 0.0258. The van der Waals surface area contributed by atoms with Crippen LogP contribution in [0.3, 0.4) is 0 Å². The molecule has 3 aromatic carbocycles. The fourth-order valence-electron chi connectivity index (χ4n) is 2.96. The Morgan fingerprint density at radius 2 is 1.10 bits per heavy atom. The molecule has 0 fully saturated rings. The zero-order chi connectivity index (χ0) is 21.0.